The van der Waals surface area contributed by atoms with E-state index in [0.717, 1.165) is 25.0 Å². The molecule has 0 saturated carbocycles. The molecule has 1 aromatic rings. The summed E-state index contributed by atoms with van der Waals surface area (Å²) in [6.45, 7) is 2.89. The largest absolute Gasteiger partial charge is 0.378 e. The average Bonchev–Trinajstić information content (AvgIpc) is 2.77. The Morgan fingerprint density at radius 1 is 1.44 bits per heavy atom. The van der Waals surface area contributed by atoms with E-state index < -0.39 is 0 Å². The third-order valence-corrected chi connectivity index (χ3v) is 3.80. The molecule has 1 aliphatic heterocycles. The molecule has 0 aromatic heterocycles. The number of benzene rings is 1. The molecule has 0 spiro atoms. The predicted molar refractivity (Wildman–Crippen MR) is 63.1 cm³/mol. The van der Waals surface area contributed by atoms with Crippen molar-refractivity contribution in [1.29, 1.82) is 0 Å². The highest BCUT2D eigenvalue weighted by Crippen LogP contribution is 2.39. The van der Waals surface area contributed by atoms with Crippen LogP contribution in [0.5, 0.6) is 0 Å². The molecule has 3 heteroatoms. The summed E-state index contributed by atoms with van der Waals surface area (Å²) in [7, 11) is 0. The molecule has 0 radical (unpaired) electrons. The van der Waals surface area contributed by atoms with Crippen molar-refractivity contribution in [3.05, 3.63) is 35.6 Å². The molecule has 1 saturated heterocycles. The summed E-state index contributed by atoms with van der Waals surface area (Å²) >= 11 is 6.44. The van der Waals surface area contributed by atoms with Crippen molar-refractivity contribution in [3.63, 3.8) is 0 Å². The van der Waals surface area contributed by atoms with E-state index in [-0.39, 0.29) is 17.3 Å². The van der Waals surface area contributed by atoms with Gasteiger partial charge in [0.1, 0.15) is 5.82 Å². The normalized spacial score (nSPS) is 26.9. The monoisotopic (exact) mass is 242 g/mol. The lowest BCUT2D eigenvalue weighted by Crippen LogP contribution is -2.19. The summed E-state index contributed by atoms with van der Waals surface area (Å²) < 4.78 is 18.4. The Morgan fingerprint density at radius 3 is 2.75 bits per heavy atom. The highest BCUT2D eigenvalue weighted by Gasteiger charge is 2.33. The molecule has 1 aliphatic rings. The van der Waals surface area contributed by atoms with Gasteiger partial charge in [-0.1, -0.05) is 19.1 Å². The van der Waals surface area contributed by atoms with Crippen LogP contribution in [-0.4, -0.2) is 12.7 Å². The fraction of sp³-hybridized carbons (Fsp3) is 0.538. The second-order valence-corrected chi connectivity index (χ2v) is 4.69. The molecule has 0 aliphatic carbocycles. The fourth-order valence-corrected chi connectivity index (χ4v) is 2.75. The Labute approximate surface area is 101 Å². The van der Waals surface area contributed by atoms with Gasteiger partial charge in [-0.25, -0.2) is 4.39 Å². The zero-order chi connectivity index (χ0) is 11.5. The van der Waals surface area contributed by atoms with Crippen molar-refractivity contribution < 1.29 is 9.13 Å². The maximum absolute atomic E-state index is 12.8. The lowest BCUT2D eigenvalue weighted by atomic mass is 9.91. The van der Waals surface area contributed by atoms with Crippen LogP contribution < -0.4 is 0 Å². The van der Waals surface area contributed by atoms with E-state index in [1.165, 1.54) is 12.1 Å². The molecule has 16 heavy (non-hydrogen) atoms. The van der Waals surface area contributed by atoms with E-state index in [0.29, 0.717) is 5.92 Å². The van der Waals surface area contributed by atoms with E-state index in [1.54, 1.807) is 12.1 Å². The van der Waals surface area contributed by atoms with Crippen LogP contribution in [-0.2, 0) is 4.74 Å². The highest BCUT2D eigenvalue weighted by molar-refractivity contribution is 6.21. The first-order valence-electron chi connectivity index (χ1n) is 5.73. The molecule has 0 amide bonds. The van der Waals surface area contributed by atoms with Crippen LogP contribution in [0.2, 0.25) is 0 Å². The molecule has 2 rings (SSSR count). The Kier molecular flexibility index (Phi) is 3.82. The van der Waals surface area contributed by atoms with Crippen LogP contribution in [0.1, 0.15) is 30.7 Å². The molecular weight excluding hydrogens is 227 g/mol. The SMILES string of the molecule is CCC1OCCC1C(Cl)c1ccc(F)cc1. The predicted octanol–water partition coefficient (Wildman–Crippen LogP) is 3.92. The maximum Gasteiger partial charge on any atom is 0.123 e. The van der Waals surface area contributed by atoms with E-state index in [4.69, 9.17) is 16.3 Å². The number of ether oxygens (including phenoxy) is 1. The van der Waals surface area contributed by atoms with Crippen LogP contribution >= 0.6 is 11.6 Å². The number of halogens is 2. The number of rotatable bonds is 3. The van der Waals surface area contributed by atoms with Crippen molar-refractivity contribution >= 4 is 11.6 Å². The lowest BCUT2D eigenvalue weighted by molar-refractivity contribution is 0.0864. The summed E-state index contributed by atoms with van der Waals surface area (Å²) in [6.07, 6.45) is 2.21. The quantitative estimate of drug-likeness (QED) is 0.730. The average molecular weight is 243 g/mol. The van der Waals surface area contributed by atoms with Crippen LogP contribution in [0.3, 0.4) is 0 Å². The molecule has 1 fully saturated rings. The minimum absolute atomic E-state index is 0.0759. The van der Waals surface area contributed by atoms with Crippen molar-refractivity contribution in [2.75, 3.05) is 6.61 Å². The number of hydrogen-bond donors (Lipinski definition) is 0. The summed E-state index contributed by atoms with van der Waals surface area (Å²) in [5.41, 5.74) is 0.983. The van der Waals surface area contributed by atoms with Crippen molar-refractivity contribution in [3.8, 4) is 0 Å². The van der Waals surface area contributed by atoms with Gasteiger partial charge in [0, 0.05) is 12.5 Å². The van der Waals surface area contributed by atoms with Crippen LogP contribution in [0.15, 0.2) is 24.3 Å². The van der Waals surface area contributed by atoms with Gasteiger partial charge < -0.3 is 4.74 Å². The summed E-state index contributed by atoms with van der Waals surface area (Å²) in [4.78, 5) is 0. The number of hydrogen-bond acceptors (Lipinski definition) is 1. The van der Waals surface area contributed by atoms with Gasteiger partial charge in [-0.2, -0.15) is 0 Å². The minimum Gasteiger partial charge on any atom is -0.378 e. The Balaban J connectivity index is 2.12. The first-order chi connectivity index (χ1) is 7.72. The molecule has 3 unspecified atom stereocenters. The first-order valence-corrected chi connectivity index (χ1v) is 6.17. The van der Waals surface area contributed by atoms with Gasteiger partial charge in [-0.05, 0) is 30.5 Å². The van der Waals surface area contributed by atoms with Gasteiger partial charge in [-0.15, -0.1) is 11.6 Å². The van der Waals surface area contributed by atoms with Crippen LogP contribution in [0.4, 0.5) is 4.39 Å². The molecule has 1 nitrogen and oxygen atoms in total. The molecule has 1 heterocycles. The van der Waals surface area contributed by atoms with E-state index >= 15 is 0 Å². The molecule has 3 atom stereocenters. The summed E-state index contributed by atoms with van der Waals surface area (Å²) in [6, 6.07) is 6.44. The molecule has 0 N–H and O–H groups in total. The van der Waals surface area contributed by atoms with E-state index in [2.05, 4.69) is 6.92 Å². The van der Waals surface area contributed by atoms with Crippen molar-refractivity contribution in [2.24, 2.45) is 5.92 Å². The van der Waals surface area contributed by atoms with E-state index in [1.807, 2.05) is 0 Å². The molecule has 88 valence electrons. The van der Waals surface area contributed by atoms with Gasteiger partial charge in [0.05, 0.1) is 11.5 Å². The Hall–Kier alpha value is -0.600. The third-order valence-electron chi connectivity index (χ3n) is 3.23. The van der Waals surface area contributed by atoms with Gasteiger partial charge in [0.25, 0.3) is 0 Å². The highest BCUT2D eigenvalue weighted by atomic mass is 35.5. The van der Waals surface area contributed by atoms with Crippen LogP contribution in [0, 0.1) is 11.7 Å². The van der Waals surface area contributed by atoms with Crippen molar-refractivity contribution in [1.82, 2.24) is 0 Å². The fourth-order valence-electron chi connectivity index (χ4n) is 2.31. The molecule has 0 bridgehead atoms. The number of alkyl halides is 1. The Morgan fingerprint density at radius 2 is 2.12 bits per heavy atom. The van der Waals surface area contributed by atoms with Gasteiger partial charge in [0.15, 0.2) is 0 Å². The topological polar surface area (TPSA) is 9.23 Å². The minimum atomic E-state index is -0.220. The molecule has 1 aromatic carbocycles. The zero-order valence-electron chi connectivity index (χ0n) is 9.33. The van der Waals surface area contributed by atoms with Gasteiger partial charge >= 0.3 is 0 Å². The third kappa shape index (κ3) is 2.38. The summed E-state index contributed by atoms with van der Waals surface area (Å²) in [5.74, 6) is 0.124. The van der Waals surface area contributed by atoms with Gasteiger partial charge in [0.2, 0.25) is 0 Å². The smallest absolute Gasteiger partial charge is 0.123 e. The lowest BCUT2D eigenvalue weighted by Gasteiger charge is -2.22. The van der Waals surface area contributed by atoms with Gasteiger partial charge in [-0.3, -0.25) is 0 Å². The summed E-state index contributed by atoms with van der Waals surface area (Å²) in [5, 5.41) is -0.0759. The zero-order valence-corrected chi connectivity index (χ0v) is 10.1. The van der Waals surface area contributed by atoms with E-state index in [9.17, 15) is 4.39 Å². The standard InChI is InChI=1S/C13H16ClFO/c1-2-12-11(7-8-16-12)13(14)9-3-5-10(15)6-4-9/h3-6,11-13H,2,7-8H2,1H3. The second kappa shape index (κ2) is 5.15. The first kappa shape index (κ1) is 11.9. The van der Waals surface area contributed by atoms with Crippen molar-refractivity contribution in [2.45, 2.75) is 31.2 Å². The van der Waals surface area contributed by atoms with Crippen LogP contribution in [0.25, 0.3) is 0 Å². The Bertz CT molecular complexity index is 338. The molecular formula is C13H16ClFO. The maximum atomic E-state index is 12.8. The second-order valence-electron chi connectivity index (χ2n) is 4.22.